The van der Waals surface area contributed by atoms with E-state index in [2.05, 4.69) is 27.6 Å². The van der Waals surface area contributed by atoms with Crippen LogP contribution in [0.3, 0.4) is 0 Å². The maximum absolute atomic E-state index is 11.5. The minimum absolute atomic E-state index is 0.250. The van der Waals surface area contributed by atoms with Gasteiger partial charge in [-0.2, -0.15) is 0 Å². The number of hydrogen-bond acceptors (Lipinski definition) is 3. The molecular weight excluding hydrogens is 293 g/mol. The average molecular weight is 305 g/mol. The summed E-state index contributed by atoms with van der Waals surface area (Å²) in [5, 5.41) is 0. The molecule has 0 radical (unpaired) electrons. The molecule has 1 aromatic heterocycles. The Kier molecular flexibility index (Phi) is 3.47. The van der Waals surface area contributed by atoms with Gasteiger partial charge in [-0.1, -0.05) is 6.07 Å². The van der Waals surface area contributed by atoms with Crippen LogP contribution in [-0.2, 0) is 14.9 Å². The Balaban J connectivity index is 3.03. The highest BCUT2D eigenvalue weighted by Crippen LogP contribution is 2.24. The van der Waals surface area contributed by atoms with Crippen molar-refractivity contribution in [3.05, 3.63) is 27.6 Å². The van der Waals surface area contributed by atoms with Crippen LogP contribution in [0, 0.1) is 3.70 Å². The minimum Gasteiger partial charge on any atom is -0.468 e. The van der Waals surface area contributed by atoms with E-state index in [4.69, 9.17) is 4.74 Å². The van der Waals surface area contributed by atoms with Gasteiger partial charge < -0.3 is 4.74 Å². The van der Waals surface area contributed by atoms with Gasteiger partial charge in [-0.25, -0.2) is 0 Å². The van der Waals surface area contributed by atoms with E-state index in [1.807, 2.05) is 26.0 Å². The molecule has 0 amide bonds. The van der Waals surface area contributed by atoms with Gasteiger partial charge in [0.1, 0.15) is 3.70 Å². The van der Waals surface area contributed by atoms with E-state index in [-0.39, 0.29) is 5.97 Å². The molecule has 0 atom stereocenters. The van der Waals surface area contributed by atoms with Gasteiger partial charge in [0.2, 0.25) is 0 Å². The average Bonchev–Trinajstić information content (AvgIpc) is 2.17. The standard InChI is InChI=1S/C10H12INO2/c1-10(2,9(13)14-3)7-4-5-8(11)12-6-7/h4-6H,1-3H3. The summed E-state index contributed by atoms with van der Waals surface area (Å²) in [5.74, 6) is -0.250. The van der Waals surface area contributed by atoms with Crippen LogP contribution < -0.4 is 0 Å². The van der Waals surface area contributed by atoms with Crippen molar-refractivity contribution in [1.82, 2.24) is 4.98 Å². The van der Waals surface area contributed by atoms with E-state index >= 15 is 0 Å². The molecule has 0 fully saturated rings. The van der Waals surface area contributed by atoms with E-state index in [0.29, 0.717) is 0 Å². The van der Waals surface area contributed by atoms with Gasteiger partial charge in [0, 0.05) is 6.20 Å². The number of rotatable bonds is 2. The summed E-state index contributed by atoms with van der Waals surface area (Å²) in [6.45, 7) is 3.64. The fourth-order valence-electron chi connectivity index (χ4n) is 1.12. The Morgan fingerprint density at radius 1 is 1.50 bits per heavy atom. The predicted molar refractivity (Wildman–Crippen MR) is 62.0 cm³/mol. The fourth-order valence-corrected chi connectivity index (χ4v) is 1.44. The molecule has 0 N–H and O–H groups in total. The van der Waals surface area contributed by atoms with Crippen LogP contribution in [0.25, 0.3) is 0 Å². The molecular formula is C10H12INO2. The lowest BCUT2D eigenvalue weighted by molar-refractivity contribution is -0.146. The summed E-state index contributed by atoms with van der Waals surface area (Å²) < 4.78 is 5.64. The number of methoxy groups -OCH3 is 1. The monoisotopic (exact) mass is 305 g/mol. The Hall–Kier alpha value is -0.650. The predicted octanol–water partition coefficient (Wildman–Crippen LogP) is 2.14. The number of esters is 1. The van der Waals surface area contributed by atoms with Crippen molar-refractivity contribution in [2.75, 3.05) is 7.11 Å². The van der Waals surface area contributed by atoms with Crippen molar-refractivity contribution in [2.24, 2.45) is 0 Å². The van der Waals surface area contributed by atoms with Gasteiger partial charge in [-0.3, -0.25) is 9.78 Å². The maximum Gasteiger partial charge on any atom is 0.315 e. The third-order valence-electron chi connectivity index (χ3n) is 2.14. The van der Waals surface area contributed by atoms with Crippen LogP contribution in [0.5, 0.6) is 0 Å². The molecule has 0 aliphatic rings. The molecule has 0 unspecified atom stereocenters. The molecule has 1 rings (SSSR count). The van der Waals surface area contributed by atoms with Crippen molar-refractivity contribution < 1.29 is 9.53 Å². The highest BCUT2D eigenvalue weighted by Gasteiger charge is 2.30. The zero-order valence-corrected chi connectivity index (χ0v) is 10.5. The zero-order chi connectivity index (χ0) is 10.8. The summed E-state index contributed by atoms with van der Waals surface area (Å²) in [4.78, 5) is 15.6. The SMILES string of the molecule is COC(=O)C(C)(C)c1ccc(I)nc1. The molecule has 0 saturated carbocycles. The molecule has 3 nitrogen and oxygen atoms in total. The van der Waals surface area contributed by atoms with Crippen LogP contribution in [0.15, 0.2) is 18.3 Å². The number of carbonyl (C=O) groups is 1. The second-order valence-electron chi connectivity index (χ2n) is 3.49. The van der Waals surface area contributed by atoms with E-state index < -0.39 is 5.41 Å². The quantitative estimate of drug-likeness (QED) is 0.477. The number of carbonyl (C=O) groups excluding carboxylic acids is 1. The van der Waals surface area contributed by atoms with Crippen molar-refractivity contribution in [1.29, 1.82) is 0 Å². The number of pyridine rings is 1. The van der Waals surface area contributed by atoms with E-state index in [9.17, 15) is 4.79 Å². The summed E-state index contributed by atoms with van der Waals surface area (Å²) in [7, 11) is 1.39. The Labute approximate surface area is 97.0 Å². The molecule has 0 aliphatic carbocycles. The number of aromatic nitrogens is 1. The van der Waals surface area contributed by atoms with Crippen molar-refractivity contribution in [2.45, 2.75) is 19.3 Å². The number of halogens is 1. The van der Waals surface area contributed by atoms with Crippen LogP contribution in [0.4, 0.5) is 0 Å². The lowest BCUT2D eigenvalue weighted by atomic mass is 9.86. The topological polar surface area (TPSA) is 39.2 Å². The second kappa shape index (κ2) is 4.25. The lowest BCUT2D eigenvalue weighted by Gasteiger charge is -2.21. The van der Waals surface area contributed by atoms with Crippen LogP contribution in [0.1, 0.15) is 19.4 Å². The molecule has 0 aliphatic heterocycles. The maximum atomic E-state index is 11.5. The second-order valence-corrected chi connectivity index (χ2v) is 4.59. The van der Waals surface area contributed by atoms with Crippen molar-refractivity contribution in [3.8, 4) is 0 Å². The van der Waals surface area contributed by atoms with Crippen molar-refractivity contribution in [3.63, 3.8) is 0 Å². The van der Waals surface area contributed by atoms with E-state index in [1.165, 1.54) is 7.11 Å². The largest absolute Gasteiger partial charge is 0.468 e. The minimum atomic E-state index is -0.633. The molecule has 1 heterocycles. The third kappa shape index (κ3) is 2.23. The Bertz CT molecular complexity index is 332. The molecule has 14 heavy (non-hydrogen) atoms. The van der Waals surface area contributed by atoms with Gasteiger partial charge in [0.15, 0.2) is 0 Å². The van der Waals surface area contributed by atoms with Gasteiger partial charge >= 0.3 is 5.97 Å². The summed E-state index contributed by atoms with van der Waals surface area (Å²) in [6.07, 6.45) is 1.71. The first kappa shape index (κ1) is 11.4. The molecule has 76 valence electrons. The van der Waals surface area contributed by atoms with Gasteiger partial charge in [-0.15, -0.1) is 0 Å². The van der Waals surface area contributed by atoms with Gasteiger partial charge in [-0.05, 0) is 48.1 Å². The van der Waals surface area contributed by atoms with Crippen LogP contribution in [-0.4, -0.2) is 18.1 Å². The number of nitrogens with zero attached hydrogens (tertiary/aromatic N) is 1. The molecule has 0 spiro atoms. The summed E-state index contributed by atoms with van der Waals surface area (Å²) >= 11 is 2.12. The molecule has 0 saturated heterocycles. The molecule has 0 aromatic carbocycles. The summed E-state index contributed by atoms with van der Waals surface area (Å²) in [6, 6.07) is 3.77. The molecule has 0 bridgehead atoms. The lowest BCUT2D eigenvalue weighted by Crippen LogP contribution is -2.30. The first-order chi connectivity index (χ1) is 6.48. The number of hydrogen-bond donors (Lipinski definition) is 0. The highest BCUT2D eigenvalue weighted by atomic mass is 127. The van der Waals surface area contributed by atoms with Crippen LogP contribution in [0.2, 0.25) is 0 Å². The summed E-state index contributed by atoms with van der Waals surface area (Å²) in [5.41, 5.74) is 0.233. The fraction of sp³-hybridized carbons (Fsp3) is 0.400. The first-order valence-electron chi connectivity index (χ1n) is 4.19. The Morgan fingerprint density at radius 2 is 2.14 bits per heavy atom. The molecule has 4 heteroatoms. The Morgan fingerprint density at radius 3 is 2.57 bits per heavy atom. The number of ether oxygens (including phenoxy) is 1. The van der Waals surface area contributed by atoms with Gasteiger partial charge in [0.25, 0.3) is 0 Å². The molecule has 1 aromatic rings. The normalized spacial score (nSPS) is 11.1. The first-order valence-corrected chi connectivity index (χ1v) is 5.27. The third-order valence-corrected chi connectivity index (χ3v) is 2.78. The van der Waals surface area contributed by atoms with E-state index in [0.717, 1.165) is 9.26 Å². The highest BCUT2D eigenvalue weighted by molar-refractivity contribution is 14.1. The van der Waals surface area contributed by atoms with E-state index in [1.54, 1.807) is 6.20 Å². The smallest absolute Gasteiger partial charge is 0.315 e. The van der Waals surface area contributed by atoms with Crippen LogP contribution >= 0.6 is 22.6 Å². The zero-order valence-electron chi connectivity index (χ0n) is 8.37. The van der Waals surface area contributed by atoms with Gasteiger partial charge in [0.05, 0.1) is 12.5 Å². The van der Waals surface area contributed by atoms with Crippen molar-refractivity contribution >= 4 is 28.6 Å².